The van der Waals surface area contributed by atoms with Crippen molar-refractivity contribution in [3.8, 4) is 0 Å². The van der Waals surface area contributed by atoms with E-state index in [1.54, 1.807) is 0 Å². The lowest BCUT2D eigenvalue weighted by Crippen LogP contribution is -2.27. The molecule has 0 atom stereocenters. The van der Waals surface area contributed by atoms with Crippen molar-refractivity contribution in [2.75, 3.05) is 0 Å². The Morgan fingerprint density at radius 3 is 1.61 bits per heavy atom. The minimum atomic E-state index is -0.159. The van der Waals surface area contributed by atoms with Crippen molar-refractivity contribution in [2.45, 2.75) is 48.5 Å². The summed E-state index contributed by atoms with van der Waals surface area (Å²) in [5, 5.41) is 0. The van der Waals surface area contributed by atoms with Crippen LogP contribution in [0.15, 0.2) is 53.1 Å². The summed E-state index contributed by atoms with van der Waals surface area (Å²) in [4.78, 5) is 12.9. The molecule has 0 saturated carbocycles. The molecule has 1 aliphatic rings. The minimum absolute atomic E-state index is 0.159. The largest absolute Gasteiger partial charge is 0.289 e. The van der Waals surface area contributed by atoms with Crippen molar-refractivity contribution in [1.29, 1.82) is 0 Å². The van der Waals surface area contributed by atoms with E-state index in [4.69, 9.17) is 0 Å². The van der Waals surface area contributed by atoms with Gasteiger partial charge in [0.25, 0.3) is 0 Å². The lowest BCUT2D eigenvalue weighted by atomic mass is 9.72. The highest BCUT2D eigenvalue weighted by Crippen LogP contribution is 2.39. The van der Waals surface area contributed by atoms with Crippen LogP contribution in [0.3, 0.4) is 0 Å². The van der Waals surface area contributed by atoms with E-state index in [0.29, 0.717) is 0 Å². The van der Waals surface area contributed by atoms with Crippen molar-refractivity contribution in [1.82, 2.24) is 0 Å². The van der Waals surface area contributed by atoms with Gasteiger partial charge in [-0.15, -0.1) is 0 Å². The van der Waals surface area contributed by atoms with E-state index in [1.807, 2.05) is 0 Å². The molecule has 0 heterocycles. The first-order chi connectivity index (χ1) is 10.5. The zero-order chi connectivity index (χ0) is 17.4. The molecule has 0 radical (unpaired) electrons. The first-order valence-electron chi connectivity index (χ1n) is 8.26. The quantitative estimate of drug-likeness (QED) is 0.630. The standard InChI is InChI=1S/C22H28O/c1-15-8-10-16(11-9-15)12-17-13-18(21(2,3)4)20(23)19(14-17)22(5,6)7/h8-14H,1-7H3. The Hall–Kier alpha value is -1.89. The second kappa shape index (κ2) is 5.96. The second-order valence-corrected chi connectivity index (χ2v) is 8.50. The maximum Gasteiger partial charge on any atom is 0.186 e. The molecule has 1 nitrogen and oxygen atoms in total. The Kier molecular flexibility index (Phi) is 4.52. The molecule has 0 aromatic heterocycles. The maximum absolute atomic E-state index is 12.9. The number of rotatable bonds is 1. The number of carbonyl (C=O) groups is 1. The summed E-state index contributed by atoms with van der Waals surface area (Å²) in [6.45, 7) is 14.7. The summed E-state index contributed by atoms with van der Waals surface area (Å²) in [5.41, 5.74) is 4.98. The Bertz CT molecular complexity index is 660. The van der Waals surface area contributed by atoms with Gasteiger partial charge in [-0.1, -0.05) is 71.4 Å². The van der Waals surface area contributed by atoms with Crippen LogP contribution in [0.1, 0.15) is 52.7 Å². The minimum Gasteiger partial charge on any atom is -0.289 e. The monoisotopic (exact) mass is 308 g/mol. The van der Waals surface area contributed by atoms with E-state index in [0.717, 1.165) is 22.3 Å². The van der Waals surface area contributed by atoms with Gasteiger partial charge in [0.2, 0.25) is 0 Å². The van der Waals surface area contributed by atoms with Crippen molar-refractivity contribution >= 4 is 11.9 Å². The van der Waals surface area contributed by atoms with Crippen molar-refractivity contribution in [3.63, 3.8) is 0 Å². The average Bonchev–Trinajstić information content (AvgIpc) is 2.40. The molecule has 0 aliphatic heterocycles. The highest BCUT2D eigenvalue weighted by atomic mass is 16.1. The van der Waals surface area contributed by atoms with Crippen LogP contribution in [0.5, 0.6) is 0 Å². The second-order valence-electron chi connectivity index (χ2n) is 8.50. The Balaban J connectivity index is 2.56. The van der Waals surface area contributed by atoms with Gasteiger partial charge in [-0.2, -0.15) is 0 Å². The third kappa shape index (κ3) is 4.10. The van der Waals surface area contributed by atoms with Gasteiger partial charge in [0.15, 0.2) is 5.78 Å². The third-order valence-electron chi connectivity index (χ3n) is 4.14. The lowest BCUT2D eigenvalue weighted by Gasteiger charge is -2.31. The number of Topliss-reactive ketones (excluding diaryl/α,β-unsaturated/α-hetero) is 1. The third-order valence-corrected chi connectivity index (χ3v) is 4.14. The van der Waals surface area contributed by atoms with Gasteiger partial charge in [-0.3, -0.25) is 4.79 Å². The van der Waals surface area contributed by atoms with Gasteiger partial charge in [0, 0.05) is 11.1 Å². The van der Waals surface area contributed by atoms with E-state index in [9.17, 15) is 4.79 Å². The van der Waals surface area contributed by atoms with Crippen LogP contribution in [0.25, 0.3) is 6.08 Å². The Morgan fingerprint density at radius 2 is 1.22 bits per heavy atom. The number of hydrogen-bond acceptors (Lipinski definition) is 1. The topological polar surface area (TPSA) is 17.1 Å². The first-order valence-corrected chi connectivity index (χ1v) is 8.26. The predicted molar refractivity (Wildman–Crippen MR) is 99.2 cm³/mol. The zero-order valence-corrected chi connectivity index (χ0v) is 15.4. The van der Waals surface area contributed by atoms with Gasteiger partial charge in [0.1, 0.15) is 0 Å². The average molecular weight is 308 g/mol. The molecule has 0 N–H and O–H groups in total. The summed E-state index contributed by atoms with van der Waals surface area (Å²) < 4.78 is 0. The number of hydrogen-bond donors (Lipinski definition) is 0. The van der Waals surface area contributed by atoms with E-state index < -0.39 is 0 Å². The molecule has 1 aliphatic carbocycles. The van der Waals surface area contributed by atoms with E-state index >= 15 is 0 Å². The Labute approximate surface area is 140 Å². The Morgan fingerprint density at radius 1 is 0.783 bits per heavy atom. The fourth-order valence-electron chi connectivity index (χ4n) is 2.70. The van der Waals surface area contributed by atoms with Crippen LogP contribution in [-0.4, -0.2) is 5.78 Å². The molecule has 0 spiro atoms. The van der Waals surface area contributed by atoms with Gasteiger partial charge in [-0.05, 0) is 47.1 Å². The summed E-state index contributed by atoms with van der Waals surface area (Å²) in [6, 6.07) is 8.47. The molecule has 0 amide bonds. The summed E-state index contributed by atoms with van der Waals surface area (Å²) >= 11 is 0. The van der Waals surface area contributed by atoms with E-state index in [1.165, 1.54) is 5.56 Å². The predicted octanol–water partition coefficient (Wildman–Crippen LogP) is 5.91. The van der Waals surface area contributed by atoms with Crippen molar-refractivity contribution in [3.05, 3.63) is 64.3 Å². The number of aryl methyl sites for hydroxylation is 1. The highest BCUT2D eigenvalue weighted by molar-refractivity contribution is 6.12. The fourth-order valence-corrected chi connectivity index (χ4v) is 2.70. The summed E-state index contributed by atoms with van der Waals surface area (Å²) in [6.07, 6.45) is 6.26. The first kappa shape index (κ1) is 17.5. The van der Waals surface area contributed by atoms with Gasteiger partial charge in [-0.25, -0.2) is 0 Å². The number of benzene rings is 1. The lowest BCUT2D eigenvalue weighted by molar-refractivity contribution is -0.114. The molecule has 122 valence electrons. The molecule has 0 saturated heterocycles. The van der Waals surface area contributed by atoms with Crippen molar-refractivity contribution in [2.24, 2.45) is 10.8 Å². The summed E-state index contributed by atoms with van der Waals surface area (Å²) in [5.74, 6) is 0.186. The molecule has 0 bridgehead atoms. The van der Waals surface area contributed by atoms with Crippen LogP contribution in [0.4, 0.5) is 0 Å². The molecular formula is C22H28O. The molecule has 0 fully saturated rings. The zero-order valence-electron chi connectivity index (χ0n) is 15.4. The number of allylic oxidation sites excluding steroid dienone is 5. The molecule has 1 aromatic carbocycles. The van der Waals surface area contributed by atoms with E-state index in [-0.39, 0.29) is 16.6 Å². The van der Waals surface area contributed by atoms with E-state index in [2.05, 4.69) is 91.0 Å². The van der Waals surface area contributed by atoms with Gasteiger partial charge in [0.05, 0.1) is 0 Å². The smallest absolute Gasteiger partial charge is 0.186 e. The molecule has 1 aromatic rings. The molecule has 23 heavy (non-hydrogen) atoms. The maximum atomic E-state index is 12.9. The normalized spacial score (nSPS) is 16.1. The van der Waals surface area contributed by atoms with Crippen molar-refractivity contribution < 1.29 is 4.79 Å². The van der Waals surface area contributed by atoms with Crippen LogP contribution < -0.4 is 0 Å². The molecule has 0 unspecified atom stereocenters. The fraction of sp³-hybridized carbons (Fsp3) is 0.409. The molecular weight excluding hydrogens is 280 g/mol. The SMILES string of the molecule is Cc1ccc(C=C2C=C(C(C)(C)C)C(=O)C(C(C)(C)C)=C2)cc1. The number of ketones is 1. The van der Waals surface area contributed by atoms with Crippen LogP contribution in [0, 0.1) is 17.8 Å². The van der Waals surface area contributed by atoms with Crippen LogP contribution >= 0.6 is 0 Å². The molecule has 2 rings (SSSR count). The van der Waals surface area contributed by atoms with Crippen LogP contribution in [0.2, 0.25) is 0 Å². The highest BCUT2D eigenvalue weighted by Gasteiger charge is 2.33. The summed E-state index contributed by atoms with van der Waals surface area (Å²) in [7, 11) is 0. The number of carbonyl (C=O) groups excluding carboxylic acids is 1. The van der Waals surface area contributed by atoms with Crippen LogP contribution in [-0.2, 0) is 4.79 Å². The van der Waals surface area contributed by atoms with Gasteiger partial charge < -0.3 is 0 Å². The van der Waals surface area contributed by atoms with Gasteiger partial charge >= 0.3 is 0 Å². The molecule has 1 heteroatoms.